The number of carbonyl (C=O) groups is 2. The summed E-state index contributed by atoms with van der Waals surface area (Å²) >= 11 is 0. The molecule has 0 saturated carbocycles. The summed E-state index contributed by atoms with van der Waals surface area (Å²) in [6.07, 6.45) is 45.1. The Hall–Kier alpha value is -2.25. The Labute approximate surface area is 305 Å². The summed E-state index contributed by atoms with van der Waals surface area (Å²) in [5, 5.41) is 0. The molecule has 0 aromatic heterocycles. The molecule has 0 aliphatic carbocycles. The van der Waals surface area contributed by atoms with Crippen LogP contribution in [0.3, 0.4) is 0 Å². The van der Waals surface area contributed by atoms with E-state index in [1.807, 2.05) is 0 Å². The van der Waals surface area contributed by atoms with Crippen LogP contribution in [0.5, 0.6) is 0 Å². The molecule has 9 heteroatoms. The fourth-order valence-electron chi connectivity index (χ4n) is 5.12. The van der Waals surface area contributed by atoms with E-state index >= 15 is 0 Å². The molecule has 0 aromatic carbocycles. The second-order valence-corrected chi connectivity index (χ2v) is 14.1. The van der Waals surface area contributed by atoms with Gasteiger partial charge in [0.1, 0.15) is 6.61 Å². The maximum atomic E-state index is 12.4. The molecule has 8 nitrogen and oxygen atoms in total. The number of hydrogen-bond donors (Lipinski definition) is 2. The number of unbranched alkanes of at least 4 members (excludes halogenated alkanes) is 15. The number of phosphoric ester groups is 1. The van der Waals surface area contributed by atoms with E-state index in [4.69, 9.17) is 19.3 Å². The van der Waals surface area contributed by atoms with Crippen molar-refractivity contribution in [1.82, 2.24) is 0 Å². The first kappa shape index (κ1) is 47.8. The van der Waals surface area contributed by atoms with Crippen molar-refractivity contribution in [2.75, 3.05) is 13.2 Å². The predicted octanol–water partition coefficient (Wildman–Crippen LogP) is 11.7. The van der Waals surface area contributed by atoms with E-state index in [0.29, 0.717) is 12.8 Å². The SMILES string of the molecule is CC/C=C\C/C=C\C/C=C\C/C=C\CCCCC(=O)OC[C@H](COP(=O)(O)O)OC(=O)CCCCCCCCC/C=C\CCCCCCCC. The van der Waals surface area contributed by atoms with E-state index < -0.39 is 32.5 Å². The number of ether oxygens (including phenoxy) is 2. The average molecular weight is 723 g/mol. The van der Waals surface area contributed by atoms with Crippen LogP contribution in [0.4, 0.5) is 0 Å². The minimum atomic E-state index is -4.76. The largest absolute Gasteiger partial charge is 0.469 e. The first-order valence-corrected chi connectivity index (χ1v) is 21.1. The highest BCUT2D eigenvalue weighted by Crippen LogP contribution is 2.36. The van der Waals surface area contributed by atoms with Gasteiger partial charge < -0.3 is 19.3 Å². The monoisotopic (exact) mass is 722 g/mol. The molecule has 0 bridgehead atoms. The van der Waals surface area contributed by atoms with E-state index in [9.17, 15) is 14.2 Å². The highest BCUT2D eigenvalue weighted by atomic mass is 31.2. The zero-order chi connectivity index (χ0) is 36.8. The van der Waals surface area contributed by atoms with Gasteiger partial charge in [0.05, 0.1) is 6.61 Å². The first-order valence-electron chi connectivity index (χ1n) is 19.6. The van der Waals surface area contributed by atoms with Gasteiger partial charge in [0, 0.05) is 12.8 Å². The summed E-state index contributed by atoms with van der Waals surface area (Å²) in [5.41, 5.74) is 0. The van der Waals surface area contributed by atoms with E-state index in [-0.39, 0.29) is 19.4 Å². The maximum Gasteiger partial charge on any atom is 0.469 e. The minimum Gasteiger partial charge on any atom is -0.462 e. The molecule has 288 valence electrons. The molecule has 0 fully saturated rings. The van der Waals surface area contributed by atoms with Gasteiger partial charge >= 0.3 is 19.8 Å². The van der Waals surface area contributed by atoms with Gasteiger partial charge in [0.2, 0.25) is 0 Å². The summed E-state index contributed by atoms with van der Waals surface area (Å²) < 4.78 is 26.3. The van der Waals surface area contributed by atoms with Gasteiger partial charge in [-0.05, 0) is 77.0 Å². The number of hydrogen-bond acceptors (Lipinski definition) is 6. The molecule has 0 aliphatic rings. The number of rotatable bonds is 35. The van der Waals surface area contributed by atoms with Gasteiger partial charge in [-0.15, -0.1) is 0 Å². The lowest BCUT2D eigenvalue weighted by Crippen LogP contribution is -2.29. The number of carbonyl (C=O) groups excluding carboxylic acids is 2. The van der Waals surface area contributed by atoms with Crippen molar-refractivity contribution >= 4 is 19.8 Å². The second-order valence-electron chi connectivity index (χ2n) is 12.9. The van der Waals surface area contributed by atoms with E-state index in [2.05, 4.69) is 79.1 Å². The third kappa shape index (κ3) is 38.6. The molecule has 0 radical (unpaired) electrons. The molecular weight excluding hydrogens is 651 g/mol. The maximum absolute atomic E-state index is 12.4. The zero-order valence-corrected chi connectivity index (χ0v) is 32.4. The molecular formula is C41H71O8P. The van der Waals surface area contributed by atoms with Crippen LogP contribution in [-0.2, 0) is 28.2 Å². The lowest BCUT2D eigenvalue weighted by Gasteiger charge is -2.18. The molecule has 50 heavy (non-hydrogen) atoms. The van der Waals surface area contributed by atoms with Crippen molar-refractivity contribution in [3.63, 3.8) is 0 Å². The summed E-state index contributed by atoms with van der Waals surface area (Å²) in [5.74, 6) is -0.942. The predicted molar refractivity (Wildman–Crippen MR) is 207 cm³/mol. The van der Waals surface area contributed by atoms with Gasteiger partial charge in [-0.25, -0.2) is 4.57 Å². The molecule has 0 saturated heterocycles. The van der Waals surface area contributed by atoms with Gasteiger partial charge in [-0.1, -0.05) is 139 Å². The molecule has 0 rings (SSSR count). The minimum absolute atomic E-state index is 0.195. The Bertz CT molecular complexity index is 995. The molecule has 0 aliphatic heterocycles. The van der Waals surface area contributed by atoms with Crippen LogP contribution in [-0.4, -0.2) is 41.0 Å². The summed E-state index contributed by atoms with van der Waals surface area (Å²) in [6.45, 7) is 3.52. The topological polar surface area (TPSA) is 119 Å². The summed E-state index contributed by atoms with van der Waals surface area (Å²) in [7, 11) is -4.76. The lowest BCUT2D eigenvalue weighted by molar-refractivity contribution is -0.161. The van der Waals surface area contributed by atoms with Crippen molar-refractivity contribution in [3.8, 4) is 0 Å². The normalized spacial score (nSPS) is 13.1. The van der Waals surface area contributed by atoms with E-state index in [0.717, 1.165) is 64.2 Å². The summed E-state index contributed by atoms with van der Waals surface area (Å²) in [6, 6.07) is 0. The Morgan fingerprint density at radius 2 is 0.960 bits per heavy atom. The molecule has 1 atom stereocenters. The zero-order valence-electron chi connectivity index (χ0n) is 31.5. The van der Waals surface area contributed by atoms with Crippen molar-refractivity contribution in [2.45, 2.75) is 174 Å². The molecule has 0 unspecified atom stereocenters. The smallest absolute Gasteiger partial charge is 0.462 e. The average Bonchev–Trinajstić information content (AvgIpc) is 3.08. The van der Waals surface area contributed by atoms with Gasteiger partial charge in [0.15, 0.2) is 6.10 Å². The van der Waals surface area contributed by atoms with Crippen molar-refractivity contribution < 1.29 is 37.9 Å². The van der Waals surface area contributed by atoms with Crippen LogP contribution in [0.2, 0.25) is 0 Å². The molecule has 0 heterocycles. The standard InChI is InChI=1S/C41H71O8P/c1-3-5-7-9-11-13-15-17-19-20-22-24-26-28-30-32-34-36-41(43)49-39(38-48-50(44,45)46)37-47-40(42)35-33-31-29-27-25-23-21-18-16-14-12-10-8-6-4-2/h6,8,12,14,17-19,21,25,27,39H,3-5,7,9-11,13,15-16,20,22-24,26,28-38H2,1-2H3,(H2,44,45,46)/b8-6-,14-12-,19-17-,21-18-,27-25-/t39-/m1/s1. The van der Waals surface area contributed by atoms with Crippen molar-refractivity contribution in [1.29, 1.82) is 0 Å². The van der Waals surface area contributed by atoms with Crippen LogP contribution in [0, 0.1) is 0 Å². The third-order valence-electron chi connectivity index (χ3n) is 8.02. The highest BCUT2D eigenvalue weighted by molar-refractivity contribution is 7.46. The Morgan fingerprint density at radius 3 is 1.50 bits per heavy atom. The first-order chi connectivity index (χ1) is 24.3. The number of allylic oxidation sites excluding steroid dienone is 10. The second kappa shape index (κ2) is 36.5. The highest BCUT2D eigenvalue weighted by Gasteiger charge is 2.22. The number of phosphoric acid groups is 1. The number of esters is 2. The van der Waals surface area contributed by atoms with Crippen molar-refractivity contribution in [2.24, 2.45) is 0 Å². The Kier molecular flexibility index (Phi) is 34.9. The quantitative estimate of drug-likeness (QED) is 0.0287. The van der Waals surface area contributed by atoms with Crippen LogP contribution in [0.25, 0.3) is 0 Å². The fourth-order valence-corrected chi connectivity index (χ4v) is 5.48. The van der Waals surface area contributed by atoms with E-state index in [1.165, 1.54) is 64.2 Å². The molecule has 0 spiro atoms. The Morgan fingerprint density at radius 1 is 0.540 bits per heavy atom. The molecule has 0 amide bonds. The van der Waals surface area contributed by atoms with Crippen molar-refractivity contribution in [3.05, 3.63) is 60.8 Å². The van der Waals surface area contributed by atoms with Crippen LogP contribution < -0.4 is 0 Å². The third-order valence-corrected chi connectivity index (χ3v) is 8.51. The summed E-state index contributed by atoms with van der Waals surface area (Å²) in [4.78, 5) is 42.7. The molecule has 0 aromatic rings. The van der Waals surface area contributed by atoms with Crippen LogP contribution >= 0.6 is 7.82 Å². The lowest BCUT2D eigenvalue weighted by atomic mass is 10.1. The van der Waals surface area contributed by atoms with E-state index in [1.54, 1.807) is 0 Å². The fraction of sp³-hybridized carbons (Fsp3) is 0.707. The van der Waals surface area contributed by atoms with Gasteiger partial charge in [0.25, 0.3) is 0 Å². The van der Waals surface area contributed by atoms with Crippen LogP contribution in [0.1, 0.15) is 168 Å². The Balaban J connectivity index is 4.03. The van der Waals surface area contributed by atoms with Gasteiger partial charge in [-0.3, -0.25) is 14.1 Å². The van der Waals surface area contributed by atoms with Crippen LogP contribution in [0.15, 0.2) is 60.8 Å². The van der Waals surface area contributed by atoms with Gasteiger partial charge in [-0.2, -0.15) is 0 Å². The molecule has 2 N–H and O–H groups in total.